The first-order chi connectivity index (χ1) is 10.2. The summed E-state index contributed by atoms with van der Waals surface area (Å²) >= 11 is 1.53. The summed E-state index contributed by atoms with van der Waals surface area (Å²) in [5, 5.41) is 3.18. The Bertz CT molecular complexity index is 472. The molecule has 0 aromatic heterocycles. The monoisotopic (exact) mass is 309 g/mol. The molecule has 1 aromatic carbocycles. The molecule has 1 aromatic rings. The molecule has 1 N–H and O–H groups in total. The van der Waals surface area contributed by atoms with Crippen LogP contribution in [0.2, 0.25) is 0 Å². The van der Waals surface area contributed by atoms with Crippen molar-refractivity contribution in [1.82, 2.24) is 5.32 Å². The Labute approximate surface area is 130 Å². The molecule has 116 valence electrons. The topological polar surface area (TPSA) is 47.6 Å². The number of amides is 1. The molecule has 0 spiro atoms. The molecule has 21 heavy (non-hydrogen) atoms. The zero-order chi connectivity index (χ0) is 15.1. The van der Waals surface area contributed by atoms with E-state index in [4.69, 9.17) is 9.47 Å². The Kier molecular flexibility index (Phi) is 5.94. The highest BCUT2D eigenvalue weighted by atomic mass is 32.2. The van der Waals surface area contributed by atoms with Crippen LogP contribution < -0.4 is 10.1 Å². The third-order valence-corrected chi connectivity index (χ3v) is 4.79. The van der Waals surface area contributed by atoms with Crippen LogP contribution in [0.5, 0.6) is 5.75 Å². The molecule has 0 heterocycles. The van der Waals surface area contributed by atoms with Gasteiger partial charge in [0.15, 0.2) is 0 Å². The van der Waals surface area contributed by atoms with Crippen molar-refractivity contribution in [2.45, 2.75) is 36.1 Å². The highest BCUT2D eigenvalue weighted by Gasteiger charge is 2.35. The summed E-state index contributed by atoms with van der Waals surface area (Å²) in [7, 11) is 3.34. The molecule has 0 radical (unpaired) electrons. The fourth-order valence-electron chi connectivity index (χ4n) is 2.81. The van der Waals surface area contributed by atoms with Gasteiger partial charge in [-0.25, -0.2) is 0 Å². The highest BCUT2D eigenvalue weighted by molar-refractivity contribution is 8.00. The van der Waals surface area contributed by atoms with Crippen LogP contribution in [0.25, 0.3) is 0 Å². The summed E-state index contributed by atoms with van der Waals surface area (Å²) in [5.41, 5.74) is -0.152. The summed E-state index contributed by atoms with van der Waals surface area (Å²) in [6, 6.07) is 7.76. The Morgan fingerprint density at radius 2 is 2.10 bits per heavy atom. The Balaban J connectivity index is 1.86. The SMILES string of the molecule is COCC1(NC(=O)CSc2cccc(OC)c2)CCCC1. The predicted octanol–water partition coefficient (Wildman–Crippen LogP) is 2.86. The zero-order valence-corrected chi connectivity index (χ0v) is 13.5. The summed E-state index contributed by atoms with van der Waals surface area (Å²) in [4.78, 5) is 13.2. The van der Waals surface area contributed by atoms with E-state index in [9.17, 15) is 4.79 Å². The molecule has 5 heteroatoms. The second-order valence-corrected chi connectivity index (χ2v) is 6.49. The normalized spacial score (nSPS) is 16.7. The Morgan fingerprint density at radius 1 is 1.33 bits per heavy atom. The molecular formula is C16H23NO3S. The quantitative estimate of drug-likeness (QED) is 0.787. The first-order valence-electron chi connectivity index (χ1n) is 7.24. The van der Waals surface area contributed by atoms with Crippen molar-refractivity contribution in [3.8, 4) is 5.75 Å². The average molecular weight is 309 g/mol. The smallest absolute Gasteiger partial charge is 0.230 e. The van der Waals surface area contributed by atoms with Crippen molar-refractivity contribution < 1.29 is 14.3 Å². The van der Waals surface area contributed by atoms with Crippen LogP contribution in [0.3, 0.4) is 0 Å². The maximum atomic E-state index is 12.2. The van der Waals surface area contributed by atoms with Crippen molar-refractivity contribution in [2.24, 2.45) is 0 Å². The van der Waals surface area contributed by atoms with Crippen LogP contribution in [-0.2, 0) is 9.53 Å². The van der Waals surface area contributed by atoms with E-state index in [1.807, 2.05) is 24.3 Å². The van der Waals surface area contributed by atoms with Crippen molar-refractivity contribution in [2.75, 3.05) is 26.6 Å². The van der Waals surface area contributed by atoms with Crippen molar-refractivity contribution in [3.05, 3.63) is 24.3 Å². The van der Waals surface area contributed by atoms with Gasteiger partial charge in [-0.15, -0.1) is 11.8 Å². The van der Waals surface area contributed by atoms with Crippen LogP contribution in [-0.4, -0.2) is 38.0 Å². The number of carbonyl (C=O) groups excluding carboxylic acids is 1. The summed E-state index contributed by atoms with van der Waals surface area (Å²) in [5.74, 6) is 1.30. The first kappa shape index (κ1) is 16.2. The van der Waals surface area contributed by atoms with Gasteiger partial charge in [-0.1, -0.05) is 18.9 Å². The third kappa shape index (κ3) is 4.64. The van der Waals surface area contributed by atoms with Gasteiger partial charge in [0.2, 0.25) is 5.91 Å². The van der Waals surface area contributed by atoms with E-state index in [1.54, 1.807) is 14.2 Å². The minimum atomic E-state index is -0.152. The van der Waals surface area contributed by atoms with E-state index in [0.29, 0.717) is 12.4 Å². The van der Waals surface area contributed by atoms with Gasteiger partial charge in [0, 0.05) is 12.0 Å². The van der Waals surface area contributed by atoms with Crippen LogP contribution in [0.15, 0.2) is 29.2 Å². The Morgan fingerprint density at radius 3 is 2.76 bits per heavy atom. The van der Waals surface area contributed by atoms with E-state index in [-0.39, 0.29) is 11.4 Å². The van der Waals surface area contributed by atoms with Gasteiger partial charge < -0.3 is 14.8 Å². The predicted molar refractivity (Wildman–Crippen MR) is 84.9 cm³/mol. The number of carbonyl (C=O) groups is 1. The molecular weight excluding hydrogens is 286 g/mol. The van der Waals surface area contributed by atoms with E-state index < -0.39 is 0 Å². The second kappa shape index (κ2) is 7.71. The minimum absolute atomic E-state index is 0.0711. The van der Waals surface area contributed by atoms with Gasteiger partial charge in [0.05, 0.1) is 25.0 Å². The van der Waals surface area contributed by atoms with E-state index >= 15 is 0 Å². The molecule has 1 fully saturated rings. The molecule has 0 bridgehead atoms. The van der Waals surface area contributed by atoms with Crippen molar-refractivity contribution in [1.29, 1.82) is 0 Å². The molecule has 1 saturated carbocycles. The highest BCUT2D eigenvalue weighted by Crippen LogP contribution is 2.30. The number of nitrogens with one attached hydrogen (secondary N) is 1. The van der Waals surface area contributed by atoms with Gasteiger partial charge in [0.25, 0.3) is 0 Å². The number of hydrogen-bond donors (Lipinski definition) is 1. The number of ether oxygens (including phenoxy) is 2. The molecule has 2 rings (SSSR count). The summed E-state index contributed by atoms with van der Waals surface area (Å²) < 4.78 is 10.5. The van der Waals surface area contributed by atoms with Gasteiger partial charge in [-0.2, -0.15) is 0 Å². The molecule has 0 atom stereocenters. The van der Waals surface area contributed by atoms with E-state index in [1.165, 1.54) is 11.8 Å². The van der Waals surface area contributed by atoms with Gasteiger partial charge >= 0.3 is 0 Å². The molecule has 4 nitrogen and oxygen atoms in total. The zero-order valence-electron chi connectivity index (χ0n) is 12.7. The molecule has 0 unspecified atom stereocenters. The number of rotatable bonds is 7. The minimum Gasteiger partial charge on any atom is -0.497 e. The fraction of sp³-hybridized carbons (Fsp3) is 0.562. The second-order valence-electron chi connectivity index (χ2n) is 5.44. The van der Waals surface area contributed by atoms with E-state index in [0.717, 1.165) is 36.3 Å². The average Bonchev–Trinajstić information content (AvgIpc) is 2.94. The lowest BCUT2D eigenvalue weighted by Gasteiger charge is -2.29. The number of hydrogen-bond acceptors (Lipinski definition) is 4. The van der Waals surface area contributed by atoms with E-state index in [2.05, 4.69) is 5.32 Å². The number of benzene rings is 1. The molecule has 1 aliphatic rings. The van der Waals surface area contributed by atoms with Gasteiger partial charge in [0.1, 0.15) is 5.75 Å². The number of methoxy groups -OCH3 is 2. The van der Waals surface area contributed by atoms with Crippen LogP contribution >= 0.6 is 11.8 Å². The molecule has 0 saturated heterocycles. The summed E-state index contributed by atoms with van der Waals surface area (Å²) in [6.07, 6.45) is 4.34. The van der Waals surface area contributed by atoms with Crippen LogP contribution in [0.1, 0.15) is 25.7 Å². The summed E-state index contributed by atoms with van der Waals surface area (Å²) in [6.45, 7) is 0.600. The Hall–Kier alpha value is -1.20. The largest absolute Gasteiger partial charge is 0.497 e. The molecule has 1 amide bonds. The first-order valence-corrected chi connectivity index (χ1v) is 8.23. The maximum absolute atomic E-state index is 12.2. The van der Waals surface area contributed by atoms with Gasteiger partial charge in [-0.05, 0) is 31.0 Å². The van der Waals surface area contributed by atoms with Crippen LogP contribution in [0.4, 0.5) is 0 Å². The van der Waals surface area contributed by atoms with Crippen LogP contribution in [0, 0.1) is 0 Å². The molecule has 0 aliphatic heterocycles. The standard InChI is InChI=1S/C16H23NO3S/c1-19-12-16(8-3-4-9-16)17-15(18)11-21-14-7-5-6-13(10-14)20-2/h5-7,10H,3-4,8-9,11-12H2,1-2H3,(H,17,18). The molecule has 1 aliphatic carbocycles. The lowest BCUT2D eigenvalue weighted by molar-refractivity contribution is -0.121. The maximum Gasteiger partial charge on any atom is 0.230 e. The number of thioether (sulfide) groups is 1. The lowest BCUT2D eigenvalue weighted by Crippen LogP contribution is -2.50. The van der Waals surface area contributed by atoms with Crippen molar-refractivity contribution >= 4 is 17.7 Å². The fourth-order valence-corrected chi connectivity index (χ4v) is 3.55. The van der Waals surface area contributed by atoms with Crippen molar-refractivity contribution in [3.63, 3.8) is 0 Å². The third-order valence-electron chi connectivity index (χ3n) is 3.80. The van der Waals surface area contributed by atoms with Gasteiger partial charge in [-0.3, -0.25) is 4.79 Å². The lowest BCUT2D eigenvalue weighted by atomic mass is 9.99.